The monoisotopic (exact) mass is 1140 g/mol. The molecule has 2 aromatic rings. The molecular formula is C49H64Cl2N8O19. The lowest BCUT2D eigenvalue weighted by Gasteiger charge is -2.37. The van der Waals surface area contributed by atoms with Gasteiger partial charge in [-0.25, -0.2) is 24.2 Å². The highest BCUT2D eigenvalue weighted by molar-refractivity contribution is 6.18. The first kappa shape index (κ1) is 66.0. The summed E-state index contributed by atoms with van der Waals surface area (Å²) in [7, 11) is 0. The van der Waals surface area contributed by atoms with Crippen LogP contribution in [-0.2, 0) is 79.8 Å². The van der Waals surface area contributed by atoms with Gasteiger partial charge in [-0.1, -0.05) is 75.2 Å². The number of aliphatic carboxylic acids is 2. The predicted molar refractivity (Wildman–Crippen MR) is 272 cm³/mol. The van der Waals surface area contributed by atoms with E-state index in [9.17, 15) is 78.0 Å². The molecule has 0 fully saturated rings. The van der Waals surface area contributed by atoms with Crippen molar-refractivity contribution in [2.45, 2.75) is 129 Å². The third kappa shape index (κ3) is 20.5. The Kier molecular flexibility index (Phi) is 26.4. The van der Waals surface area contributed by atoms with Crippen molar-refractivity contribution in [1.82, 2.24) is 41.7 Å². The van der Waals surface area contributed by atoms with E-state index in [1.807, 2.05) is 0 Å². The van der Waals surface area contributed by atoms with Crippen LogP contribution >= 0.6 is 23.2 Å². The molecule has 0 heterocycles. The summed E-state index contributed by atoms with van der Waals surface area (Å²) < 4.78 is 9.55. The van der Waals surface area contributed by atoms with Gasteiger partial charge in [0.2, 0.25) is 35.4 Å². The number of esters is 2. The zero-order valence-electron chi connectivity index (χ0n) is 43.7. The average molecular weight is 1140 g/mol. The summed E-state index contributed by atoms with van der Waals surface area (Å²) in [4.78, 5) is 176. The number of nitrogens with one attached hydrogen (secondary N) is 6. The minimum absolute atomic E-state index is 0.0872. The summed E-state index contributed by atoms with van der Waals surface area (Å²) in [6.45, 7) is 9.97. The van der Waals surface area contributed by atoms with Crippen LogP contribution in [0.3, 0.4) is 0 Å². The molecule has 2 aromatic carbocycles. The first-order valence-corrected chi connectivity index (χ1v) is 24.9. The summed E-state index contributed by atoms with van der Waals surface area (Å²) in [6.07, 6.45) is -3.30. The normalized spacial score (nSPS) is 14.0. The number of aromatic hydroxyl groups is 2. The van der Waals surface area contributed by atoms with E-state index in [-0.39, 0.29) is 34.1 Å². The van der Waals surface area contributed by atoms with Crippen LogP contribution in [0.1, 0.15) is 79.4 Å². The molecule has 78 heavy (non-hydrogen) atoms. The maximum absolute atomic E-state index is 15.1. The summed E-state index contributed by atoms with van der Waals surface area (Å²) in [6, 6.07) is -8.04. The molecule has 0 bridgehead atoms. The number of amides is 10. The van der Waals surface area contributed by atoms with Crippen LogP contribution in [0.5, 0.6) is 11.5 Å². The van der Waals surface area contributed by atoms with Gasteiger partial charge in [-0.15, -0.1) is 0 Å². The van der Waals surface area contributed by atoms with E-state index in [2.05, 4.69) is 31.9 Å². The molecule has 0 radical (unpaired) electrons. The standard InChI is InChI=1S/C49H64Cl2N8O19/c1-23(2)39(56-41(68)33(54-27(7)60)17-29-9-13-31(62)14-10-29)43(70)52-25(5)45(72)58(35(19-37(64)65)47(74)77-21-50)49(76)59(36(20-38(66)67)48(75)78-22-51)46(73)26(6)53-44(71)40(24(3)4)57-42(69)34(55-28(8)61)18-30-11-15-32(63)16-12-30/h9-16,23-26,33-36,39-40,62-63H,17-22H2,1-8H3,(H,52,70)(H,53,71)(H,54,60)(H,55,61)(H,56,68)(H,57,69)(H,64,65)(H,66,67)/t25-,26-,33-,34-,35-,36-,39-,40-/m0/s1. The van der Waals surface area contributed by atoms with Gasteiger partial charge in [0.15, 0.2) is 12.1 Å². The largest absolute Gasteiger partial charge is 0.508 e. The number of alkyl halides is 2. The van der Waals surface area contributed by atoms with E-state index in [0.717, 1.165) is 27.7 Å². The molecule has 10 N–H and O–H groups in total. The minimum Gasteiger partial charge on any atom is -0.508 e. The van der Waals surface area contributed by atoms with Crippen LogP contribution in [0, 0.1) is 11.8 Å². The number of hydrogen-bond acceptors (Lipinski definition) is 17. The van der Waals surface area contributed by atoms with Crippen LogP contribution in [0.25, 0.3) is 0 Å². The zero-order valence-corrected chi connectivity index (χ0v) is 45.2. The van der Waals surface area contributed by atoms with E-state index in [0.29, 0.717) is 11.1 Å². The lowest BCUT2D eigenvalue weighted by molar-refractivity contribution is -0.159. The van der Waals surface area contributed by atoms with Crippen molar-refractivity contribution < 1.29 is 92.2 Å². The number of nitrogens with zero attached hydrogens (tertiary/aromatic N) is 2. The quantitative estimate of drug-likeness (QED) is 0.0400. The molecular weight excluding hydrogens is 1080 g/mol. The highest BCUT2D eigenvalue weighted by Gasteiger charge is 2.48. The van der Waals surface area contributed by atoms with Gasteiger partial charge in [0.05, 0.1) is 12.8 Å². The zero-order chi connectivity index (χ0) is 59.3. The lowest BCUT2D eigenvalue weighted by Crippen LogP contribution is -2.65. The van der Waals surface area contributed by atoms with Gasteiger partial charge in [0, 0.05) is 26.7 Å². The number of carbonyl (C=O) groups is 13. The molecule has 10 amide bonds. The predicted octanol–water partition coefficient (Wildman–Crippen LogP) is 0.126. The number of carbonyl (C=O) groups excluding carboxylic acids is 11. The third-order valence-corrected chi connectivity index (χ3v) is 11.5. The molecule has 0 aliphatic carbocycles. The van der Waals surface area contributed by atoms with Gasteiger partial charge in [-0.2, -0.15) is 0 Å². The van der Waals surface area contributed by atoms with Crippen LogP contribution in [0.4, 0.5) is 4.79 Å². The second-order valence-electron chi connectivity index (χ2n) is 18.2. The van der Waals surface area contributed by atoms with E-state index < -0.39 is 162 Å². The molecule has 0 unspecified atom stereocenters. The number of hydrogen-bond donors (Lipinski definition) is 10. The number of rotatable bonds is 28. The van der Waals surface area contributed by atoms with Crippen molar-refractivity contribution in [2.75, 3.05) is 12.1 Å². The number of phenols is 2. The summed E-state index contributed by atoms with van der Waals surface area (Å²) in [5.41, 5.74) is 0.956. The molecule has 27 nitrogen and oxygen atoms in total. The first-order valence-electron chi connectivity index (χ1n) is 23.8. The molecule has 0 aromatic heterocycles. The number of halogens is 2. The first-order chi connectivity index (χ1) is 36.4. The second kappa shape index (κ2) is 31.2. The summed E-state index contributed by atoms with van der Waals surface area (Å²) >= 11 is 11.3. The maximum atomic E-state index is 15.1. The lowest BCUT2D eigenvalue weighted by atomic mass is 10.0. The number of imide groups is 2. The molecule has 0 aliphatic rings. The Hall–Kier alpha value is -8.07. The summed E-state index contributed by atoms with van der Waals surface area (Å²) in [5.74, 6) is -17.8. The fourth-order valence-electron chi connectivity index (χ4n) is 7.44. The van der Waals surface area contributed by atoms with Crippen LogP contribution in [0.2, 0.25) is 0 Å². The SMILES string of the molecule is CC(=O)N[C@@H](Cc1ccc(O)cc1)C(=O)N[C@H](C(=O)N[C@@H](C)C(=O)N(C(=O)N(C(=O)[C@H](C)NC(=O)[C@@H](NC(=O)[C@H](Cc1ccc(O)cc1)NC(C)=O)C(C)C)[C@@H](CC(=O)O)C(=O)OCCl)[C@@H](CC(=O)O)C(=O)OCCl)C(C)C. The van der Waals surface area contributed by atoms with Gasteiger partial charge in [0.25, 0.3) is 11.8 Å². The number of urea groups is 1. The molecule has 0 saturated heterocycles. The Labute approximate surface area is 457 Å². The molecule has 0 aliphatic heterocycles. The second-order valence-corrected chi connectivity index (χ2v) is 18.7. The Bertz CT molecular complexity index is 2360. The van der Waals surface area contributed by atoms with Gasteiger partial charge >= 0.3 is 29.9 Å². The van der Waals surface area contributed by atoms with E-state index in [1.54, 1.807) is 0 Å². The van der Waals surface area contributed by atoms with Crippen molar-refractivity contribution in [3.8, 4) is 11.5 Å². The van der Waals surface area contributed by atoms with Crippen molar-refractivity contribution in [3.63, 3.8) is 0 Å². The fourth-order valence-corrected chi connectivity index (χ4v) is 7.65. The minimum atomic E-state index is -2.63. The van der Waals surface area contributed by atoms with Crippen molar-refractivity contribution in [2.24, 2.45) is 11.8 Å². The molecule has 428 valence electrons. The number of phenolic OH excluding ortho intramolecular Hbond substituents is 2. The highest BCUT2D eigenvalue weighted by atomic mass is 35.5. The Morgan fingerprint density at radius 1 is 0.487 bits per heavy atom. The molecule has 8 atom stereocenters. The van der Waals surface area contributed by atoms with Crippen molar-refractivity contribution >= 4 is 100 Å². The number of carboxylic acids is 2. The molecule has 29 heteroatoms. The van der Waals surface area contributed by atoms with Crippen LogP contribution < -0.4 is 31.9 Å². The van der Waals surface area contributed by atoms with Gasteiger partial charge in [-0.3, -0.25) is 47.9 Å². The Balaban J connectivity index is 2.74. The van der Waals surface area contributed by atoms with Gasteiger partial charge in [-0.05, 0) is 61.1 Å². The van der Waals surface area contributed by atoms with E-state index in [4.69, 9.17) is 32.7 Å². The molecule has 2 rings (SSSR count). The molecule has 0 spiro atoms. The van der Waals surface area contributed by atoms with Crippen LogP contribution in [0.15, 0.2) is 48.5 Å². The number of benzene rings is 2. The Morgan fingerprint density at radius 2 is 0.795 bits per heavy atom. The van der Waals surface area contributed by atoms with Gasteiger partial charge < -0.3 is 61.8 Å². The molecule has 0 saturated carbocycles. The third-order valence-electron chi connectivity index (χ3n) is 11.3. The van der Waals surface area contributed by atoms with Gasteiger partial charge in [0.1, 0.15) is 59.8 Å². The topological polar surface area (TPSA) is 400 Å². The smallest absolute Gasteiger partial charge is 0.335 e. The van der Waals surface area contributed by atoms with Crippen molar-refractivity contribution in [1.29, 1.82) is 0 Å². The number of ether oxygens (including phenoxy) is 2. The number of carboxylic acid groups (broad SMARTS) is 2. The highest BCUT2D eigenvalue weighted by Crippen LogP contribution is 2.21. The van der Waals surface area contributed by atoms with Crippen LogP contribution in [-0.4, -0.2) is 168 Å². The van der Waals surface area contributed by atoms with Crippen molar-refractivity contribution in [3.05, 3.63) is 59.7 Å². The van der Waals surface area contributed by atoms with E-state index >= 15 is 4.79 Å². The Morgan fingerprint density at radius 3 is 1.05 bits per heavy atom. The summed E-state index contributed by atoms with van der Waals surface area (Å²) in [5, 5.41) is 53.7. The average Bonchev–Trinajstić information content (AvgIpc) is 3.34. The van der Waals surface area contributed by atoms with E-state index in [1.165, 1.54) is 76.2 Å². The fraction of sp³-hybridized carbons (Fsp3) is 0.490. The maximum Gasteiger partial charge on any atom is 0.335 e.